The molecule has 0 radical (unpaired) electrons. The van der Waals surface area contributed by atoms with Gasteiger partial charge in [-0.1, -0.05) is 34.6 Å². The summed E-state index contributed by atoms with van der Waals surface area (Å²) in [6.45, 7) is 10.5. The summed E-state index contributed by atoms with van der Waals surface area (Å²) in [6, 6.07) is -0.804. The Morgan fingerprint density at radius 3 is 2.11 bits per heavy atom. The Morgan fingerprint density at radius 1 is 1.16 bits per heavy atom. The first-order chi connectivity index (χ1) is 8.50. The van der Waals surface area contributed by atoms with Gasteiger partial charge in [0.25, 0.3) is 0 Å². The monoisotopic (exact) mass is 272 g/mol. The summed E-state index contributed by atoms with van der Waals surface area (Å²) < 4.78 is 0. The van der Waals surface area contributed by atoms with Crippen molar-refractivity contribution in [1.29, 1.82) is 0 Å². The lowest BCUT2D eigenvalue weighted by Crippen LogP contribution is -2.45. The molecule has 0 saturated carbocycles. The van der Waals surface area contributed by atoms with Gasteiger partial charge in [0.15, 0.2) is 0 Å². The van der Waals surface area contributed by atoms with Gasteiger partial charge in [-0.25, -0.2) is 0 Å². The predicted molar refractivity (Wildman–Crippen MR) is 75.7 cm³/mol. The van der Waals surface area contributed by atoms with E-state index >= 15 is 0 Å². The summed E-state index contributed by atoms with van der Waals surface area (Å²) in [5, 5.41) is 11.5. The van der Waals surface area contributed by atoms with Crippen molar-refractivity contribution < 1.29 is 14.7 Å². The Morgan fingerprint density at radius 2 is 1.68 bits per heavy atom. The molecule has 0 aliphatic rings. The van der Waals surface area contributed by atoms with E-state index in [0.29, 0.717) is 19.4 Å². The van der Waals surface area contributed by atoms with Crippen molar-refractivity contribution in [2.45, 2.75) is 59.9 Å². The third kappa shape index (κ3) is 5.59. The van der Waals surface area contributed by atoms with Crippen LogP contribution in [0.3, 0.4) is 0 Å². The number of carbonyl (C=O) groups excluding carboxylic acids is 1. The van der Waals surface area contributed by atoms with Gasteiger partial charge < -0.3 is 16.2 Å². The van der Waals surface area contributed by atoms with Gasteiger partial charge in [0, 0.05) is 12.0 Å². The van der Waals surface area contributed by atoms with E-state index in [1.165, 1.54) is 0 Å². The van der Waals surface area contributed by atoms with Crippen LogP contribution >= 0.6 is 0 Å². The lowest BCUT2D eigenvalue weighted by atomic mass is 9.69. The van der Waals surface area contributed by atoms with Crippen LogP contribution in [0.2, 0.25) is 0 Å². The number of carboxylic acid groups (broad SMARTS) is 1. The second kappa shape index (κ2) is 6.89. The molecule has 0 unspecified atom stereocenters. The van der Waals surface area contributed by atoms with Crippen LogP contribution in [0.25, 0.3) is 0 Å². The Bertz CT molecular complexity index is 319. The second-order valence-electron chi connectivity index (χ2n) is 6.57. The zero-order chi connectivity index (χ0) is 15.3. The molecule has 4 N–H and O–H groups in total. The van der Waals surface area contributed by atoms with Crippen molar-refractivity contribution in [2.75, 3.05) is 6.54 Å². The Labute approximate surface area is 115 Å². The van der Waals surface area contributed by atoms with Crippen LogP contribution in [0.1, 0.15) is 53.9 Å². The van der Waals surface area contributed by atoms with Crippen molar-refractivity contribution >= 4 is 11.9 Å². The van der Waals surface area contributed by atoms with Gasteiger partial charge in [0.05, 0.1) is 0 Å². The fraction of sp³-hybridized carbons (Fsp3) is 0.857. The normalized spacial score (nSPS) is 14.0. The van der Waals surface area contributed by atoms with Gasteiger partial charge in [0.2, 0.25) is 5.91 Å². The molecule has 112 valence electrons. The minimum atomic E-state index is -0.974. The number of hydrogen-bond acceptors (Lipinski definition) is 3. The summed E-state index contributed by atoms with van der Waals surface area (Å²) in [4.78, 5) is 22.6. The zero-order valence-electron chi connectivity index (χ0n) is 12.7. The van der Waals surface area contributed by atoms with Crippen LogP contribution in [-0.2, 0) is 9.59 Å². The third-order valence-electron chi connectivity index (χ3n) is 3.99. The molecule has 0 aromatic heterocycles. The van der Waals surface area contributed by atoms with Crippen LogP contribution in [-0.4, -0.2) is 29.6 Å². The highest BCUT2D eigenvalue weighted by Gasteiger charge is 2.39. The van der Waals surface area contributed by atoms with Crippen LogP contribution in [0.5, 0.6) is 0 Å². The van der Waals surface area contributed by atoms with Crippen molar-refractivity contribution in [3.63, 3.8) is 0 Å². The Hall–Kier alpha value is -1.10. The average Bonchev–Trinajstić information content (AvgIpc) is 2.26. The van der Waals surface area contributed by atoms with Gasteiger partial charge in [0.1, 0.15) is 6.04 Å². The third-order valence-corrected chi connectivity index (χ3v) is 3.99. The lowest BCUT2D eigenvalue weighted by Gasteiger charge is -2.37. The van der Waals surface area contributed by atoms with E-state index in [2.05, 4.69) is 5.32 Å². The number of carbonyl (C=O) groups is 2. The molecule has 1 atom stereocenters. The number of hydrogen-bond donors (Lipinski definition) is 3. The van der Waals surface area contributed by atoms with Crippen LogP contribution in [0.4, 0.5) is 0 Å². The number of nitrogens with one attached hydrogen (secondary N) is 1. The molecular weight excluding hydrogens is 244 g/mol. The molecule has 0 aromatic rings. The maximum Gasteiger partial charge on any atom is 0.320 e. The minimum Gasteiger partial charge on any atom is -0.480 e. The van der Waals surface area contributed by atoms with E-state index in [1.807, 2.05) is 34.6 Å². The number of aliphatic carboxylic acids is 1. The number of unbranched alkanes of at least 4 members (excludes halogenated alkanes) is 1. The van der Waals surface area contributed by atoms with E-state index < -0.39 is 17.4 Å². The van der Waals surface area contributed by atoms with Gasteiger partial charge >= 0.3 is 5.97 Å². The number of rotatable bonds is 7. The number of nitrogens with two attached hydrogens (primary N) is 1. The maximum absolute atomic E-state index is 12.1. The van der Waals surface area contributed by atoms with E-state index in [0.717, 1.165) is 6.42 Å². The molecule has 5 nitrogen and oxygen atoms in total. The highest BCUT2D eigenvalue weighted by Crippen LogP contribution is 2.37. The van der Waals surface area contributed by atoms with E-state index in [-0.39, 0.29) is 11.3 Å². The molecule has 0 heterocycles. The molecule has 1 amide bonds. The number of amides is 1. The molecule has 19 heavy (non-hydrogen) atoms. The Kier molecular flexibility index (Phi) is 6.49. The van der Waals surface area contributed by atoms with E-state index in [4.69, 9.17) is 10.8 Å². The Balaban J connectivity index is 3.97. The van der Waals surface area contributed by atoms with Crippen molar-refractivity contribution in [3.05, 3.63) is 0 Å². The molecule has 5 heteroatoms. The summed E-state index contributed by atoms with van der Waals surface area (Å²) in [5.41, 5.74) is 4.85. The molecule has 0 rings (SSSR count). The SMILES string of the molecule is CC(C)(C)C(C)(C)C(=O)NCCCC[C@H](N)C(=O)O. The zero-order valence-corrected chi connectivity index (χ0v) is 12.7. The molecule has 0 bridgehead atoms. The van der Waals surface area contributed by atoms with E-state index in [1.54, 1.807) is 0 Å². The summed E-state index contributed by atoms with van der Waals surface area (Å²) in [6.07, 6.45) is 1.88. The molecule has 0 aliphatic carbocycles. The van der Waals surface area contributed by atoms with Crippen molar-refractivity contribution in [2.24, 2.45) is 16.6 Å². The smallest absolute Gasteiger partial charge is 0.320 e. The molecule has 0 aromatic carbocycles. The minimum absolute atomic E-state index is 0.0301. The summed E-state index contributed by atoms with van der Waals surface area (Å²) in [5.74, 6) is -0.944. The lowest BCUT2D eigenvalue weighted by molar-refractivity contribution is -0.139. The van der Waals surface area contributed by atoms with Gasteiger partial charge in [-0.2, -0.15) is 0 Å². The highest BCUT2D eigenvalue weighted by molar-refractivity contribution is 5.82. The van der Waals surface area contributed by atoms with Gasteiger partial charge in [-0.15, -0.1) is 0 Å². The van der Waals surface area contributed by atoms with Crippen molar-refractivity contribution in [1.82, 2.24) is 5.32 Å². The first-order valence-corrected chi connectivity index (χ1v) is 6.77. The van der Waals surface area contributed by atoms with Gasteiger partial charge in [-0.3, -0.25) is 9.59 Å². The van der Waals surface area contributed by atoms with Crippen LogP contribution < -0.4 is 11.1 Å². The van der Waals surface area contributed by atoms with E-state index in [9.17, 15) is 9.59 Å². The molecule has 0 saturated heterocycles. The van der Waals surface area contributed by atoms with Crippen LogP contribution in [0, 0.1) is 10.8 Å². The first-order valence-electron chi connectivity index (χ1n) is 6.77. The van der Waals surface area contributed by atoms with Crippen LogP contribution in [0.15, 0.2) is 0 Å². The molecular formula is C14H28N2O3. The topological polar surface area (TPSA) is 92.4 Å². The maximum atomic E-state index is 12.1. The molecule has 0 aliphatic heterocycles. The fourth-order valence-corrected chi connectivity index (χ4v) is 1.38. The standard InChI is InChI=1S/C14H28N2O3/c1-13(2,3)14(4,5)12(19)16-9-7-6-8-10(15)11(17)18/h10H,6-9,15H2,1-5H3,(H,16,19)(H,17,18)/t10-/m0/s1. The predicted octanol–water partition coefficient (Wildman–Crippen LogP) is 1.76. The quantitative estimate of drug-likeness (QED) is 0.616. The molecule has 0 spiro atoms. The summed E-state index contributed by atoms with van der Waals surface area (Å²) >= 11 is 0. The average molecular weight is 272 g/mol. The first kappa shape index (κ1) is 17.9. The fourth-order valence-electron chi connectivity index (χ4n) is 1.38. The van der Waals surface area contributed by atoms with Gasteiger partial charge in [-0.05, 0) is 24.7 Å². The van der Waals surface area contributed by atoms with Crippen molar-refractivity contribution in [3.8, 4) is 0 Å². The number of carboxylic acids is 1. The molecule has 0 fully saturated rings. The summed E-state index contributed by atoms with van der Waals surface area (Å²) in [7, 11) is 0. The second-order valence-corrected chi connectivity index (χ2v) is 6.57. The largest absolute Gasteiger partial charge is 0.480 e. The highest BCUT2D eigenvalue weighted by atomic mass is 16.4.